The first kappa shape index (κ1) is 14.5. The summed E-state index contributed by atoms with van der Waals surface area (Å²) in [6.45, 7) is 2.57. The van der Waals surface area contributed by atoms with Gasteiger partial charge in [0.1, 0.15) is 5.82 Å². The second-order valence-corrected chi connectivity index (χ2v) is 4.94. The lowest BCUT2D eigenvalue weighted by Gasteiger charge is -2.30. The van der Waals surface area contributed by atoms with Crippen molar-refractivity contribution in [3.05, 3.63) is 35.6 Å². The average Bonchev–Trinajstić information content (AvgIpc) is 2.45. The summed E-state index contributed by atoms with van der Waals surface area (Å²) < 4.78 is 18.2. The average molecular weight is 279 g/mol. The lowest BCUT2D eigenvalue weighted by Crippen LogP contribution is -2.43. The van der Waals surface area contributed by atoms with Crippen molar-refractivity contribution in [1.82, 2.24) is 5.32 Å². The molecule has 20 heavy (non-hydrogen) atoms. The van der Waals surface area contributed by atoms with Gasteiger partial charge in [0.25, 0.3) is 0 Å². The first-order valence-corrected chi connectivity index (χ1v) is 6.80. The van der Waals surface area contributed by atoms with Crippen LogP contribution in [0.15, 0.2) is 24.3 Å². The van der Waals surface area contributed by atoms with Gasteiger partial charge in [-0.05, 0) is 24.1 Å². The monoisotopic (exact) mass is 279 g/mol. The van der Waals surface area contributed by atoms with Crippen LogP contribution in [0.5, 0.6) is 0 Å². The van der Waals surface area contributed by atoms with Gasteiger partial charge in [-0.3, -0.25) is 9.59 Å². The number of amides is 1. The molecule has 2 atom stereocenters. The summed E-state index contributed by atoms with van der Waals surface area (Å²) in [7, 11) is 0. The second-order valence-electron chi connectivity index (χ2n) is 4.94. The number of esters is 1. The van der Waals surface area contributed by atoms with E-state index >= 15 is 0 Å². The summed E-state index contributed by atoms with van der Waals surface area (Å²) >= 11 is 0. The molecule has 1 heterocycles. The Morgan fingerprint density at radius 3 is 2.75 bits per heavy atom. The van der Waals surface area contributed by atoms with E-state index < -0.39 is 5.92 Å². The molecular formula is C15H18FNO3. The van der Waals surface area contributed by atoms with Gasteiger partial charge in [-0.2, -0.15) is 0 Å². The van der Waals surface area contributed by atoms with Crippen LogP contribution in [0.1, 0.15) is 31.2 Å². The maximum Gasteiger partial charge on any atom is 0.311 e. The second kappa shape index (κ2) is 6.50. The fraction of sp³-hybridized carbons (Fsp3) is 0.467. The van der Waals surface area contributed by atoms with Crippen molar-refractivity contribution >= 4 is 11.9 Å². The quantitative estimate of drug-likeness (QED) is 0.858. The van der Waals surface area contributed by atoms with Crippen LogP contribution in [0.4, 0.5) is 4.39 Å². The number of halogens is 1. The Labute approximate surface area is 117 Å². The zero-order valence-electron chi connectivity index (χ0n) is 11.4. The van der Waals surface area contributed by atoms with Crippen molar-refractivity contribution in [2.24, 2.45) is 5.92 Å². The van der Waals surface area contributed by atoms with Crippen LogP contribution >= 0.6 is 0 Å². The summed E-state index contributed by atoms with van der Waals surface area (Å²) in [6.07, 6.45) is 0.976. The van der Waals surface area contributed by atoms with E-state index in [0.29, 0.717) is 6.61 Å². The number of carbonyl (C=O) groups is 2. The predicted molar refractivity (Wildman–Crippen MR) is 71.5 cm³/mol. The molecule has 1 aliphatic heterocycles. The number of piperidine rings is 1. The first-order chi connectivity index (χ1) is 9.61. The van der Waals surface area contributed by atoms with Gasteiger partial charge in [0.15, 0.2) is 0 Å². The highest BCUT2D eigenvalue weighted by Gasteiger charge is 2.36. The fourth-order valence-corrected chi connectivity index (χ4v) is 2.40. The SMILES string of the molecule is CCCOC(=O)[C@@H]1CNC(=O)C[C@@H]1c1ccc(F)cc1. The van der Waals surface area contributed by atoms with Crippen LogP contribution in [-0.4, -0.2) is 25.0 Å². The van der Waals surface area contributed by atoms with Gasteiger partial charge >= 0.3 is 5.97 Å². The zero-order valence-corrected chi connectivity index (χ0v) is 11.4. The summed E-state index contributed by atoms with van der Waals surface area (Å²) in [5, 5.41) is 2.69. The summed E-state index contributed by atoms with van der Waals surface area (Å²) in [6, 6.07) is 5.93. The largest absolute Gasteiger partial charge is 0.465 e. The standard InChI is InChI=1S/C15H18FNO3/c1-2-7-20-15(19)13-9-17-14(18)8-12(13)10-3-5-11(16)6-4-10/h3-6,12-13H,2,7-9H2,1H3,(H,17,18)/t12-,13-/m1/s1. The van der Waals surface area contributed by atoms with Crippen molar-refractivity contribution in [2.75, 3.05) is 13.2 Å². The van der Waals surface area contributed by atoms with Gasteiger partial charge in [-0.1, -0.05) is 19.1 Å². The molecule has 2 rings (SSSR count). The Morgan fingerprint density at radius 2 is 2.10 bits per heavy atom. The highest BCUT2D eigenvalue weighted by atomic mass is 19.1. The molecule has 0 radical (unpaired) electrons. The fourth-order valence-electron chi connectivity index (χ4n) is 2.40. The Kier molecular flexibility index (Phi) is 4.71. The molecule has 0 bridgehead atoms. The molecule has 1 aromatic carbocycles. The molecular weight excluding hydrogens is 261 g/mol. The molecule has 1 amide bonds. The molecule has 0 spiro atoms. The zero-order chi connectivity index (χ0) is 14.5. The minimum absolute atomic E-state index is 0.0983. The molecule has 0 aliphatic carbocycles. The number of hydrogen-bond acceptors (Lipinski definition) is 3. The molecule has 1 N–H and O–H groups in total. The molecule has 1 aromatic rings. The molecule has 1 aliphatic rings. The predicted octanol–water partition coefficient (Wildman–Crippen LogP) is 2.00. The first-order valence-electron chi connectivity index (χ1n) is 6.80. The van der Waals surface area contributed by atoms with Crippen LogP contribution in [-0.2, 0) is 14.3 Å². The number of rotatable bonds is 4. The van der Waals surface area contributed by atoms with E-state index in [4.69, 9.17) is 4.74 Å². The van der Waals surface area contributed by atoms with Crippen molar-refractivity contribution in [3.8, 4) is 0 Å². The third-order valence-corrected chi connectivity index (χ3v) is 3.46. The van der Waals surface area contributed by atoms with Crippen LogP contribution in [0.2, 0.25) is 0 Å². The van der Waals surface area contributed by atoms with Crippen molar-refractivity contribution in [3.63, 3.8) is 0 Å². The van der Waals surface area contributed by atoms with E-state index in [1.165, 1.54) is 12.1 Å². The summed E-state index contributed by atoms with van der Waals surface area (Å²) in [4.78, 5) is 23.6. The molecule has 1 fully saturated rings. The van der Waals surface area contributed by atoms with Crippen LogP contribution in [0.3, 0.4) is 0 Å². The number of ether oxygens (including phenoxy) is 1. The minimum atomic E-state index is -0.412. The van der Waals surface area contributed by atoms with Gasteiger partial charge < -0.3 is 10.1 Å². The Hall–Kier alpha value is -1.91. The molecule has 0 aromatic heterocycles. The topological polar surface area (TPSA) is 55.4 Å². The van der Waals surface area contributed by atoms with E-state index in [1.54, 1.807) is 12.1 Å². The van der Waals surface area contributed by atoms with Gasteiger partial charge in [0.2, 0.25) is 5.91 Å². The van der Waals surface area contributed by atoms with Gasteiger partial charge in [0, 0.05) is 18.9 Å². The van der Waals surface area contributed by atoms with Gasteiger partial charge in [-0.25, -0.2) is 4.39 Å². The number of carbonyl (C=O) groups excluding carboxylic acids is 2. The molecule has 108 valence electrons. The van der Waals surface area contributed by atoms with Gasteiger partial charge in [0.05, 0.1) is 12.5 Å². The maximum absolute atomic E-state index is 13.0. The lowest BCUT2D eigenvalue weighted by molar-refractivity contribution is -0.150. The van der Waals surface area contributed by atoms with E-state index in [-0.39, 0.29) is 36.6 Å². The number of nitrogens with one attached hydrogen (secondary N) is 1. The van der Waals surface area contributed by atoms with E-state index in [2.05, 4.69) is 5.32 Å². The van der Waals surface area contributed by atoms with Crippen molar-refractivity contribution in [1.29, 1.82) is 0 Å². The van der Waals surface area contributed by atoms with Crippen LogP contribution < -0.4 is 5.32 Å². The molecule has 1 saturated heterocycles. The smallest absolute Gasteiger partial charge is 0.311 e. The normalized spacial score (nSPS) is 22.2. The van der Waals surface area contributed by atoms with Crippen molar-refractivity contribution < 1.29 is 18.7 Å². The Morgan fingerprint density at radius 1 is 1.40 bits per heavy atom. The summed E-state index contributed by atoms with van der Waals surface area (Å²) in [5.41, 5.74) is 0.791. The number of hydrogen-bond donors (Lipinski definition) is 1. The highest BCUT2D eigenvalue weighted by molar-refractivity contribution is 5.83. The van der Waals surface area contributed by atoms with Crippen LogP contribution in [0, 0.1) is 11.7 Å². The molecule has 0 unspecified atom stereocenters. The summed E-state index contributed by atoms with van der Waals surface area (Å²) in [5.74, 6) is -1.41. The van der Waals surface area contributed by atoms with E-state index in [0.717, 1.165) is 12.0 Å². The lowest BCUT2D eigenvalue weighted by atomic mass is 9.81. The van der Waals surface area contributed by atoms with Gasteiger partial charge in [-0.15, -0.1) is 0 Å². The molecule has 0 saturated carbocycles. The van der Waals surface area contributed by atoms with Crippen LogP contribution in [0.25, 0.3) is 0 Å². The number of benzene rings is 1. The Bertz CT molecular complexity index is 486. The van der Waals surface area contributed by atoms with Crippen molar-refractivity contribution in [2.45, 2.75) is 25.7 Å². The van der Waals surface area contributed by atoms with E-state index in [1.807, 2.05) is 6.92 Å². The third-order valence-electron chi connectivity index (χ3n) is 3.46. The molecule has 5 heteroatoms. The third kappa shape index (κ3) is 3.35. The maximum atomic E-state index is 13.0. The minimum Gasteiger partial charge on any atom is -0.465 e. The van der Waals surface area contributed by atoms with E-state index in [9.17, 15) is 14.0 Å². The highest BCUT2D eigenvalue weighted by Crippen LogP contribution is 2.31. The Balaban J connectivity index is 2.17. The molecule has 4 nitrogen and oxygen atoms in total.